The van der Waals surface area contributed by atoms with Crippen molar-refractivity contribution in [2.45, 2.75) is 58.2 Å². The molecular formula is C27H33N3O. The van der Waals surface area contributed by atoms with Crippen LogP contribution in [0.2, 0.25) is 0 Å². The van der Waals surface area contributed by atoms with Crippen molar-refractivity contribution >= 4 is 16.8 Å². The largest absolute Gasteiger partial charge is 0.349 e. The van der Waals surface area contributed by atoms with Gasteiger partial charge in [0.1, 0.15) is 0 Å². The zero-order valence-electron chi connectivity index (χ0n) is 18.5. The number of nitrogens with zero attached hydrogens (tertiary/aromatic N) is 2. The highest BCUT2D eigenvalue weighted by molar-refractivity contribution is 5.84. The summed E-state index contributed by atoms with van der Waals surface area (Å²) in [6, 6.07) is 17.5. The second-order valence-electron chi connectivity index (χ2n) is 9.16. The molecule has 0 spiro atoms. The average Bonchev–Trinajstić information content (AvgIpc) is 3.17. The first-order chi connectivity index (χ1) is 15.2. The monoisotopic (exact) mass is 415 g/mol. The minimum Gasteiger partial charge on any atom is -0.349 e. The second kappa shape index (κ2) is 8.88. The molecule has 0 saturated carbocycles. The number of hydrogen-bond donors (Lipinski definition) is 1. The minimum atomic E-state index is 0.141. The molecule has 162 valence electrons. The lowest BCUT2D eigenvalue weighted by molar-refractivity contribution is -0.127. The fraction of sp³-hybridized carbons (Fsp3) is 0.444. The molecule has 3 aromatic rings. The van der Waals surface area contributed by atoms with Crippen LogP contribution in [0.5, 0.6) is 0 Å². The van der Waals surface area contributed by atoms with Crippen LogP contribution in [0.25, 0.3) is 10.9 Å². The number of nitrogens with one attached hydrogen (secondary N) is 1. The van der Waals surface area contributed by atoms with Crippen LogP contribution in [0, 0.1) is 5.92 Å². The van der Waals surface area contributed by atoms with Gasteiger partial charge in [0.15, 0.2) is 0 Å². The van der Waals surface area contributed by atoms with Crippen LogP contribution in [-0.4, -0.2) is 28.5 Å². The molecule has 0 bridgehead atoms. The van der Waals surface area contributed by atoms with E-state index in [9.17, 15) is 4.79 Å². The molecule has 2 aromatic carbocycles. The van der Waals surface area contributed by atoms with E-state index in [4.69, 9.17) is 0 Å². The number of aromatic nitrogens is 1. The number of carbonyl (C=O) groups is 1. The molecule has 1 amide bonds. The molecule has 1 saturated heterocycles. The number of carbonyl (C=O) groups excluding carboxylic acids is 1. The number of rotatable bonds is 5. The summed E-state index contributed by atoms with van der Waals surface area (Å²) in [4.78, 5) is 15.5. The lowest BCUT2D eigenvalue weighted by Gasteiger charge is -2.33. The zero-order valence-corrected chi connectivity index (χ0v) is 18.5. The molecule has 5 rings (SSSR count). The molecule has 1 aromatic heterocycles. The molecule has 31 heavy (non-hydrogen) atoms. The molecule has 1 atom stereocenters. The van der Waals surface area contributed by atoms with Gasteiger partial charge in [-0.05, 0) is 74.9 Å². The Bertz CT molecular complexity index is 1060. The Morgan fingerprint density at radius 3 is 2.65 bits per heavy atom. The number of fused-ring (bicyclic) bond motifs is 2. The van der Waals surface area contributed by atoms with Gasteiger partial charge in [0, 0.05) is 36.1 Å². The van der Waals surface area contributed by atoms with Gasteiger partial charge in [-0.2, -0.15) is 0 Å². The summed E-state index contributed by atoms with van der Waals surface area (Å²) in [6.45, 7) is 6.14. The maximum absolute atomic E-state index is 13.0. The standard InChI is InChI=1S/C27H33N3O/c1-2-30-19-22(24-11-5-6-13-26(24)30)18-29-16-14-21(15-17-29)27(31)28-25-12-7-9-20-8-3-4-10-23(20)25/h3-6,8,10-11,13,19,21,25H,2,7,9,12,14-18H2,1H3,(H,28,31). The summed E-state index contributed by atoms with van der Waals surface area (Å²) in [5.41, 5.74) is 5.45. The molecule has 1 N–H and O–H groups in total. The minimum absolute atomic E-state index is 0.141. The van der Waals surface area contributed by atoms with Crippen molar-refractivity contribution < 1.29 is 4.79 Å². The Hall–Kier alpha value is -2.59. The van der Waals surface area contributed by atoms with Crippen molar-refractivity contribution in [2.24, 2.45) is 5.92 Å². The van der Waals surface area contributed by atoms with Crippen LogP contribution < -0.4 is 5.32 Å². The third kappa shape index (κ3) is 4.14. The smallest absolute Gasteiger partial charge is 0.223 e. The predicted molar refractivity (Wildman–Crippen MR) is 126 cm³/mol. The van der Waals surface area contributed by atoms with E-state index in [1.165, 1.54) is 27.6 Å². The number of piperidine rings is 1. The molecular weight excluding hydrogens is 382 g/mol. The molecule has 1 fully saturated rings. The summed E-state index contributed by atoms with van der Waals surface area (Å²) < 4.78 is 2.34. The normalized spacial score (nSPS) is 20.0. The Morgan fingerprint density at radius 2 is 1.81 bits per heavy atom. The summed E-state index contributed by atoms with van der Waals surface area (Å²) >= 11 is 0. The van der Waals surface area contributed by atoms with Crippen LogP contribution in [0.4, 0.5) is 0 Å². The maximum atomic E-state index is 13.0. The lowest BCUT2D eigenvalue weighted by atomic mass is 9.87. The van der Waals surface area contributed by atoms with E-state index >= 15 is 0 Å². The van der Waals surface area contributed by atoms with E-state index in [1.54, 1.807) is 0 Å². The zero-order chi connectivity index (χ0) is 21.2. The number of amides is 1. The van der Waals surface area contributed by atoms with Crippen molar-refractivity contribution in [3.8, 4) is 0 Å². The molecule has 1 unspecified atom stereocenters. The van der Waals surface area contributed by atoms with E-state index in [-0.39, 0.29) is 17.9 Å². The molecule has 4 heteroatoms. The van der Waals surface area contributed by atoms with Crippen LogP contribution in [0.3, 0.4) is 0 Å². The molecule has 1 aliphatic carbocycles. The highest BCUT2D eigenvalue weighted by atomic mass is 16.1. The molecule has 2 aliphatic rings. The molecule has 2 heterocycles. The van der Waals surface area contributed by atoms with E-state index in [1.807, 2.05) is 0 Å². The fourth-order valence-electron chi connectivity index (χ4n) is 5.50. The quantitative estimate of drug-likeness (QED) is 0.632. The Kier molecular flexibility index (Phi) is 5.82. The van der Waals surface area contributed by atoms with E-state index in [0.29, 0.717) is 0 Å². The SMILES string of the molecule is CCn1cc(CN2CCC(C(=O)NC3CCCc4ccccc43)CC2)c2ccccc21. The Labute approximate surface area is 185 Å². The van der Waals surface area contributed by atoms with Gasteiger partial charge in [-0.3, -0.25) is 9.69 Å². The summed E-state index contributed by atoms with van der Waals surface area (Å²) in [5, 5.41) is 4.74. The van der Waals surface area contributed by atoms with Crippen LogP contribution in [0.1, 0.15) is 55.3 Å². The number of likely N-dealkylation sites (tertiary alicyclic amines) is 1. The summed E-state index contributed by atoms with van der Waals surface area (Å²) in [5.74, 6) is 0.395. The number of aryl methyl sites for hydroxylation is 2. The van der Waals surface area contributed by atoms with Gasteiger partial charge in [-0.1, -0.05) is 42.5 Å². The molecule has 1 aliphatic heterocycles. The Morgan fingerprint density at radius 1 is 1.03 bits per heavy atom. The lowest BCUT2D eigenvalue weighted by Crippen LogP contribution is -2.41. The molecule has 4 nitrogen and oxygen atoms in total. The van der Waals surface area contributed by atoms with Gasteiger partial charge in [0.2, 0.25) is 5.91 Å². The van der Waals surface area contributed by atoms with E-state index in [0.717, 1.165) is 58.3 Å². The fourth-order valence-corrected chi connectivity index (χ4v) is 5.50. The highest BCUT2D eigenvalue weighted by Gasteiger charge is 2.28. The van der Waals surface area contributed by atoms with Gasteiger partial charge in [-0.25, -0.2) is 0 Å². The van der Waals surface area contributed by atoms with Crippen LogP contribution >= 0.6 is 0 Å². The summed E-state index contributed by atoms with van der Waals surface area (Å²) in [7, 11) is 0. The van der Waals surface area contributed by atoms with Gasteiger partial charge in [0.25, 0.3) is 0 Å². The predicted octanol–water partition coefficient (Wildman–Crippen LogP) is 5.07. The number of benzene rings is 2. The first kappa shape index (κ1) is 20.3. The van der Waals surface area contributed by atoms with Gasteiger partial charge in [-0.15, -0.1) is 0 Å². The van der Waals surface area contributed by atoms with Gasteiger partial charge >= 0.3 is 0 Å². The third-order valence-corrected chi connectivity index (χ3v) is 7.25. The number of hydrogen-bond acceptors (Lipinski definition) is 2. The number of para-hydroxylation sites is 1. The van der Waals surface area contributed by atoms with Crippen molar-refractivity contribution in [3.63, 3.8) is 0 Å². The van der Waals surface area contributed by atoms with E-state index < -0.39 is 0 Å². The van der Waals surface area contributed by atoms with Crippen molar-refractivity contribution in [2.75, 3.05) is 13.1 Å². The van der Waals surface area contributed by atoms with Crippen molar-refractivity contribution in [1.29, 1.82) is 0 Å². The van der Waals surface area contributed by atoms with E-state index in [2.05, 4.69) is 76.4 Å². The van der Waals surface area contributed by atoms with Gasteiger partial charge < -0.3 is 9.88 Å². The van der Waals surface area contributed by atoms with Crippen LogP contribution in [0.15, 0.2) is 54.7 Å². The first-order valence-electron chi connectivity index (χ1n) is 11.9. The second-order valence-corrected chi connectivity index (χ2v) is 9.16. The van der Waals surface area contributed by atoms with Gasteiger partial charge in [0.05, 0.1) is 6.04 Å². The topological polar surface area (TPSA) is 37.3 Å². The third-order valence-electron chi connectivity index (χ3n) is 7.25. The first-order valence-corrected chi connectivity index (χ1v) is 11.9. The Balaban J connectivity index is 1.19. The summed E-state index contributed by atoms with van der Waals surface area (Å²) in [6.07, 6.45) is 7.56. The molecule has 0 radical (unpaired) electrons. The van der Waals surface area contributed by atoms with Crippen LogP contribution in [-0.2, 0) is 24.3 Å². The highest BCUT2D eigenvalue weighted by Crippen LogP contribution is 2.31. The van der Waals surface area contributed by atoms with Crippen molar-refractivity contribution in [1.82, 2.24) is 14.8 Å². The van der Waals surface area contributed by atoms with Crippen molar-refractivity contribution in [3.05, 3.63) is 71.4 Å². The maximum Gasteiger partial charge on any atom is 0.223 e. The average molecular weight is 416 g/mol.